The first-order chi connectivity index (χ1) is 19.2. The van der Waals surface area contributed by atoms with Gasteiger partial charge in [-0.05, 0) is 40.7 Å². The molecule has 41 heavy (non-hydrogen) atoms. The first-order valence-electron chi connectivity index (χ1n) is 13.7. The molecule has 0 radical (unpaired) electrons. The Morgan fingerprint density at radius 1 is 1.07 bits per heavy atom. The van der Waals surface area contributed by atoms with Crippen LogP contribution in [0.3, 0.4) is 0 Å². The SMILES string of the molecule is CN(C)C(=O)C(OCOCC[Si](C)(C)C)c1cncc(-c2cnc3c(c(I)cn3COCC[Si](C)(C)C)c2C#N)c1. The maximum Gasteiger partial charge on any atom is 0.255 e. The first kappa shape index (κ1) is 33.3. The Bertz CT molecular complexity index is 1390. The van der Waals surface area contributed by atoms with Gasteiger partial charge < -0.3 is 23.7 Å². The van der Waals surface area contributed by atoms with Crippen molar-refractivity contribution in [2.75, 3.05) is 34.1 Å². The van der Waals surface area contributed by atoms with Gasteiger partial charge in [-0.25, -0.2) is 4.98 Å². The van der Waals surface area contributed by atoms with Crippen molar-refractivity contribution >= 4 is 55.7 Å². The van der Waals surface area contributed by atoms with Gasteiger partial charge in [0.1, 0.15) is 25.2 Å². The fourth-order valence-corrected chi connectivity index (χ4v) is 6.39. The van der Waals surface area contributed by atoms with E-state index in [4.69, 9.17) is 19.2 Å². The van der Waals surface area contributed by atoms with Gasteiger partial charge >= 0.3 is 0 Å². The van der Waals surface area contributed by atoms with Gasteiger partial charge in [-0.15, -0.1) is 0 Å². The molecular weight excluding hydrogens is 665 g/mol. The van der Waals surface area contributed by atoms with Gasteiger partial charge in [0.05, 0.1) is 10.9 Å². The zero-order valence-corrected chi connectivity index (χ0v) is 29.6. The highest BCUT2D eigenvalue weighted by Gasteiger charge is 2.25. The highest BCUT2D eigenvalue weighted by molar-refractivity contribution is 14.1. The van der Waals surface area contributed by atoms with Gasteiger partial charge in [-0.1, -0.05) is 39.3 Å². The summed E-state index contributed by atoms with van der Waals surface area (Å²) in [5.41, 5.74) is 3.12. The average molecular weight is 708 g/mol. The highest BCUT2D eigenvalue weighted by atomic mass is 127. The minimum atomic E-state index is -1.24. The summed E-state index contributed by atoms with van der Waals surface area (Å²) < 4.78 is 20.5. The molecule has 0 aliphatic rings. The molecule has 0 N–H and O–H groups in total. The molecule has 3 aromatic heterocycles. The molecule has 0 saturated heterocycles. The molecule has 0 aliphatic heterocycles. The third-order valence-corrected chi connectivity index (χ3v) is 10.8. The van der Waals surface area contributed by atoms with Gasteiger partial charge in [-0.3, -0.25) is 9.78 Å². The smallest absolute Gasteiger partial charge is 0.255 e. The number of likely N-dealkylation sites (N-methyl/N-ethyl adjacent to an activating group) is 1. The standard InChI is InChI=1S/C29H42IN5O4Si2/c1-34(2)29(36)27(39-20-38-10-12-41(6,7)8)22-13-21(15-32-16-22)24-17-33-28-26(23(24)14-31)25(30)18-35(28)19-37-9-11-40(3,4)5/h13,15-18,27H,9-12,19-20H2,1-8H3. The largest absolute Gasteiger partial charge is 0.361 e. The Labute approximate surface area is 259 Å². The number of halogens is 1. The summed E-state index contributed by atoms with van der Waals surface area (Å²) in [6, 6.07) is 6.32. The van der Waals surface area contributed by atoms with Crippen molar-refractivity contribution in [2.24, 2.45) is 0 Å². The quantitative estimate of drug-likeness (QED) is 0.0834. The van der Waals surface area contributed by atoms with E-state index in [1.807, 2.05) is 16.8 Å². The third-order valence-electron chi connectivity index (χ3n) is 6.53. The number of hydrogen-bond donors (Lipinski definition) is 0. The van der Waals surface area contributed by atoms with Gasteiger partial charge in [0.2, 0.25) is 0 Å². The van der Waals surface area contributed by atoms with Gasteiger partial charge in [0, 0.05) is 88.5 Å². The van der Waals surface area contributed by atoms with E-state index in [-0.39, 0.29) is 12.7 Å². The van der Waals surface area contributed by atoms with Crippen molar-refractivity contribution in [1.29, 1.82) is 5.26 Å². The van der Waals surface area contributed by atoms with Crippen LogP contribution in [0.2, 0.25) is 51.4 Å². The number of rotatable bonds is 14. The zero-order chi connectivity index (χ0) is 30.4. The number of hydrogen-bond acceptors (Lipinski definition) is 7. The maximum atomic E-state index is 13.1. The molecule has 222 valence electrons. The van der Waals surface area contributed by atoms with E-state index >= 15 is 0 Å². The summed E-state index contributed by atoms with van der Waals surface area (Å²) in [5, 5.41) is 11.0. The number of nitrogens with zero attached hydrogens (tertiary/aromatic N) is 5. The molecule has 3 aromatic rings. The van der Waals surface area contributed by atoms with Crippen LogP contribution in [0.5, 0.6) is 0 Å². The lowest BCUT2D eigenvalue weighted by molar-refractivity contribution is -0.152. The normalized spacial score (nSPS) is 12.9. The second kappa shape index (κ2) is 14.3. The van der Waals surface area contributed by atoms with Crippen LogP contribution in [0.15, 0.2) is 30.9 Å². The number of ether oxygens (including phenoxy) is 3. The van der Waals surface area contributed by atoms with Gasteiger partial charge in [-0.2, -0.15) is 5.26 Å². The molecular formula is C29H42IN5O4Si2. The monoisotopic (exact) mass is 707 g/mol. The number of fused-ring (bicyclic) bond motifs is 1. The number of nitriles is 1. The van der Waals surface area contributed by atoms with E-state index in [0.29, 0.717) is 47.8 Å². The molecule has 12 heteroatoms. The lowest BCUT2D eigenvalue weighted by Crippen LogP contribution is -2.30. The molecule has 1 unspecified atom stereocenters. The minimum absolute atomic E-state index is 0.00162. The average Bonchev–Trinajstić information content (AvgIpc) is 3.22. The highest BCUT2D eigenvalue weighted by Crippen LogP contribution is 2.33. The molecule has 9 nitrogen and oxygen atoms in total. The van der Waals surface area contributed by atoms with Crippen LogP contribution in [0.4, 0.5) is 0 Å². The first-order valence-corrected chi connectivity index (χ1v) is 22.2. The Morgan fingerprint density at radius 2 is 1.73 bits per heavy atom. The lowest BCUT2D eigenvalue weighted by Gasteiger charge is -2.22. The Hall–Kier alpha value is -2.16. The van der Waals surface area contributed by atoms with E-state index < -0.39 is 22.3 Å². The summed E-state index contributed by atoms with van der Waals surface area (Å²) in [6.45, 7) is 15.5. The van der Waals surface area contributed by atoms with Crippen molar-refractivity contribution in [1.82, 2.24) is 19.4 Å². The van der Waals surface area contributed by atoms with Crippen molar-refractivity contribution < 1.29 is 19.0 Å². The number of pyridine rings is 2. The Balaban J connectivity index is 1.89. The van der Waals surface area contributed by atoms with Crippen LogP contribution in [0.25, 0.3) is 22.2 Å². The molecule has 0 aromatic carbocycles. The van der Waals surface area contributed by atoms with E-state index in [1.54, 1.807) is 32.7 Å². The van der Waals surface area contributed by atoms with E-state index in [9.17, 15) is 10.1 Å². The lowest BCUT2D eigenvalue weighted by atomic mass is 9.99. The van der Waals surface area contributed by atoms with Crippen LogP contribution in [-0.4, -0.2) is 75.6 Å². The molecule has 0 fully saturated rings. The second-order valence-corrected chi connectivity index (χ2v) is 25.2. The number of carbonyl (C=O) groups excluding carboxylic acids is 1. The summed E-state index contributed by atoms with van der Waals surface area (Å²) in [5.74, 6) is -0.215. The topological polar surface area (TPSA) is 103 Å². The molecule has 3 rings (SSSR count). The Kier molecular flexibility index (Phi) is 11.7. The molecule has 1 atom stereocenters. The fourth-order valence-electron chi connectivity index (χ4n) is 4.03. The molecule has 3 heterocycles. The third kappa shape index (κ3) is 9.42. The number of aromatic nitrogens is 3. The number of carbonyl (C=O) groups is 1. The van der Waals surface area contributed by atoms with Crippen LogP contribution in [0.1, 0.15) is 17.2 Å². The van der Waals surface area contributed by atoms with Crippen LogP contribution < -0.4 is 0 Å². The van der Waals surface area contributed by atoms with Crippen molar-refractivity contribution in [2.45, 2.75) is 64.2 Å². The van der Waals surface area contributed by atoms with Gasteiger partial charge in [0.15, 0.2) is 6.10 Å². The van der Waals surface area contributed by atoms with E-state index in [0.717, 1.165) is 21.0 Å². The van der Waals surface area contributed by atoms with E-state index in [1.165, 1.54) is 4.90 Å². The van der Waals surface area contributed by atoms with Crippen LogP contribution in [-0.2, 0) is 25.7 Å². The zero-order valence-electron chi connectivity index (χ0n) is 25.5. The summed E-state index contributed by atoms with van der Waals surface area (Å²) >= 11 is 2.24. The molecule has 0 spiro atoms. The van der Waals surface area contributed by atoms with Gasteiger partial charge in [0.25, 0.3) is 5.91 Å². The van der Waals surface area contributed by atoms with Crippen molar-refractivity contribution in [3.63, 3.8) is 0 Å². The molecule has 1 amide bonds. The maximum absolute atomic E-state index is 13.1. The fraction of sp³-hybridized carbons (Fsp3) is 0.517. The summed E-state index contributed by atoms with van der Waals surface area (Å²) in [4.78, 5) is 23.7. The van der Waals surface area contributed by atoms with Crippen molar-refractivity contribution in [3.05, 3.63) is 45.6 Å². The van der Waals surface area contributed by atoms with Crippen molar-refractivity contribution in [3.8, 4) is 17.2 Å². The van der Waals surface area contributed by atoms with E-state index in [2.05, 4.69) is 72.9 Å². The summed E-state index contributed by atoms with van der Waals surface area (Å²) in [7, 11) is 0.956. The number of amides is 1. The second-order valence-electron chi connectivity index (χ2n) is 12.8. The molecule has 0 bridgehead atoms. The van der Waals surface area contributed by atoms with Crippen LogP contribution in [0, 0.1) is 14.9 Å². The van der Waals surface area contributed by atoms with Crippen LogP contribution >= 0.6 is 22.6 Å². The minimum Gasteiger partial charge on any atom is -0.361 e. The molecule has 0 aliphatic carbocycles. The summed E-state index contributed by atoms with van der Waals surface area (Å²) in [6.07, 6.45) is 6.07. The Morgan fingerprint density at radius 3 is 2.34 bits per heavy atom. The molecule has 0 saturated carbocycles. The predicted octanol–water partition coefficient (Wildman–Crippen LogP) is 6.35. The predicted molar refractivity (Wildman–Crippen MR) is 176 cm³/mol.